The number of piperazine rings is 2. The van der Waals surface area contributed by atoms with Gasteiger partial charge in [0.15, 0.2) is 5.11 Å². The molecule has 0 radical (unpaired) electrons. The molecule has 0 spiro atoms. The number of anilines is 3. The summed E-state index contributed by atoms with van der Waals surface area (Å²) in [5.74, 6) is 2.38. The highest BCUT2D eigenvalue weighted by atomic mass is 32.1. The topological polar surface area (TPSA) is 66.6 Å². The minimum absolute atomic E-state index is 0.285. The number of aromatic nitrogens is 3. The number of aromatic amines is 1. The van der Waals surface area contributed by atoms with Crippen molar-refractivity contribution >= 4 is 45.6 Å². The number of hydrogen-bond acceptors (Lipinski definition) is 6. The van der Waals surface area contributed by atoms with E-state index in [-0.39, 0.29) is 6.04 Å². The van der Waals surface area contributed by atoms with Crippen LogP contribution in [0.2, 0.25) is 0 Å². The maximum atomic E-state index is 5.91. The van der Waals surface area contributed by atoms with Gasteiger partial charge in [0.25, 0.3) is 0 Å². The second kappa shape index (κ2) is 9.76. The third kappa shape index (κ3) is 4.67. The number of rotatable bonds is 4. The highest BCUT2D eigenvalue weighted by molar-refractivity contribution is 7.80. The second-order valence-corrected chi connectivity index (χ2v) is 10.0. The van der Waals surface area contributed by atoms with E-state index in [4.69, 9.17) is 17.2 Å². The van der Waals surface area contributed by atoms with Gasteiger partial charge in [-0.05, 0) is 43.4 Å². The Morgan fingerprint density at radius 3 is 2.53 bits per heavy atom. The fourth-order valence-corrected chi connectivity index (χ4v) is 5.24. The van der Waals surface area contributed by atoms with Gasteiger partial charge in [-0.15, -0.1) is 0 Å². The van der Waals surface area contributed by atoms with Gasteiger partial charge in [-0.2, -0.15) is 0 Å². The molecule has 4 heterocycles. The van der Waals surface area contributed by atoms with Crippen molar-refractivity contribution in [2.24, 2.45) is 5.92 Å². The van der Waals surface area contributed by atoms with Crippen molar-refractivity contribution in [2.75, 3.05) is 68.0 Å². The molecule has 0 saturated carbocycles. The van der Waals surface area contributed by atoms with Crippen molar-refractivity contribution in [3.8, 4) is 0 Å². The van der Waals surface area contributed by atoms with Gasteiger partial charge in [-0.25, -0.2) is 4.98 Å². The molecule has 8 nitrogen and oxygen atoms in total. The summed E-state index contributed by atoms with van der Waals surface area (Å²) in [5.41, 5.74) is 2.15. The monoisotopic (exact) mass is 478 g/mol. The van der Waals surface area contributed by atoms with E-state index in [1.54, 1.807) is 0 Å². The zero-order valence-corrected chi connectivity index (χ0v) is 21.1. The molecule has 2 aliphatic heterocycles. The molecule has 1 unspecified atom stereocenters. The first-order chi connectivity index (χ1) is 16.5. The highest BCUT2D eigenvalue weighted by Gasteiger charge is 2.32. The summed E-state index contributed by atoms with van der Waals surface area (Å²) in [6.45, 7) is 11.2. The summed E-state index contributed by atoms with van der Waals surface area (Å²) in [6.07, 6.45) is 5.76. The molecule has 0 bridgehead atoms. The average Bonchev–Trinajstić information content (AvgIpc) is 3.34. The van der Waals surface area contributed by atoms with E-state index in [9.17, 15) is 0 Å². The number of likely N-dealkylation sites (N-methyl/N-ethyl adjacent to an activating group) is 1. The molecular weight excluding hydrogens is 444 g/mol. The Kier molecular flexibility index (Phi) is 6.56. The lowest BCUT2D eigenvalue weighted by atomic mass is 10.00. The van der Waals surface area contributed by atoms with Crippen LogP contribution in [0.15, 0.2) is 42.9 Å². The first kappa shape index (κ1) is 22.9. The molecule has 1 atom stereocenters. The smallest absolute Gasteiger partial charge is 0.173 e. The van der Waals surface area contributed by atoms with Gasteiger partial charge in [0, 0.05) is 68.6 Å². The molecule has 180 valence electrons. The summed E-state index contributed by atoms with van der Waals surface area (Å²) < 4.78 is 0. The van der Waals surface area contributed by atoms with Crippen LogP contribution in [-0.4, -0.2) is 88.8 Å². The number of fused-ring (bicyclic) bond motifs is 1. The lowest BCUT2D eigenvalue weighted by Crippen LogP contribution is -2.58. The van der Waals surface area contributed by atoms with Crippen molar-refractivity contribution in [3.05, 3.63) is 42.9 Å². The lowest BCUT2D eigenvalue weighted by Gasteiger charge is -2.45. The van der Waals surface area contributed by atoms with Crippen molar-refractivity contribution in [2.45, 2.75) is 19.9 Å². The van der Waals surface area contributed by atoms with Crippen molar-refractivity contribution < 1.29 is 0 Å². The molecule has 2 aliphatic rings. The Morgan fingerprint density at radius 1 is 1.03 bits per heavy atom. The molecule has 2 aromatic heterocycles. The summed E-state index contributed by atoms with van der Waals surface area (Å²) in [4.78, 5) is 22.2. The Bertz CT molecular complexity index is 1140. The third-order valence-corrected chi connectivity index (χ3v) is 7.38. The fraction of sp³-hybridized carbons (Fsp3) is 0.480. The molecule has 3 aromatic rings. The minimum atomic E-state index is 0.285. The fourth-order valence-electron chi connectivity index (χ4n) is 4.91. The molecule has 2 N–H and O–H groups in total. The standard InChI is InChI=1S/C25H34N8S/c1-18(2)22-17-32(24-16-26-15-23(29-24)31-11-9-30(3)10-12-31)13-14-33(22)25(34)28-21-6-4-5-20-19(21)7-8-27-20/h4-8,15-16,18,22,27H,9-14,17H2,1-3H3,(H,28,34). The van der Waals surface area contributed by atoms with E-state index in [0.717, 1.165) is 79.2 Å². The van der Waals surface area contributed by atoms with Gasteiger partial charge in [-0.3, -0.25) is 4.98 Å². The Labute approximate surface area is 206 Å². The summed E-state index contributed by atoms with van der Waals surface area (Å²) in [6, 6.07) is 8.59. The molecular formula is C25H34N8S. The van der Waals surface area contributed by atoms with Gasteiger partial charge < -0.3 is 29.9 Å². The van der Waals surface area contributed by atoms with Crippen molar-refractivity contribution in [1.29, 1.82) is 0 Å². The molecule has 2 saturated heterocycles. The normalized spacial score (nSPS) is 19.8. The zero-order chi connectivity index (χ0) is 23.7. The van der Waals surface area contributed by atoms with E-state index < -0.39 is 0 Å². The molecule has 9 heteroatoms. The van der Waals surface area contributed by atoms with Gasteiger partial charge in [0.2, 0.25) is 0 Å². The Balaban J connectivity index is 1.30. The maximum absolute atomic E-state index is 5.91. The van der Waals surface area contributed by atoms with Crippen molar-refractivity contribution in [1.82, 2.24) is 24.8 Å². The summed E-state index contributed by atoms with van der Waals surface area (Å²) >= 11 is 5.91. The van der Waals surface area contributed by atoms with Crippen LogP contribution in [0, 0.1) is 5.92 Å². The average molecular weight is 479 g/mol. The zero-order valence-electron chi connectivity index (χ0n) is 20.2. The largest absolute Gasteiger partial charge is 0.361 e. The van der Waals surface area contributed by atoms with E-state index in [0.29, 0.717) is 5.92 Å². The van der Waals surface area contributed by atoms with Crippen LogP contribution >= 0.6 is 12.2 Å². The SMILES string of the molecule is CC(C)C1CN(c2cncc(N3CCN(C)CC3)n2)CCN1C(=S)Nc1cccc2[nH]ccc12. The third-order valence-electron chi connectivity index (χ3n) is 7.05. The van der Waals surface area contributed by atoms with Crippen LogP contribution in [0.3, 0.4) is 0 Å². The number of benzene rings is 1. The molecule has 0 aliphatic carbocycles. The van der Waals surface area contributed by atoms with Crippen LogP contribution in [0.4, 0.5) is 17.3 Å². The van der Waals surface area contributed by atoms with Gasteiger partial charge in [0.1, 0.15) is 11.6 Å². The first-order valence-electron chi connectivity index (χ1n) is 12.1. The summed E-state index contributed by atoms with van der Waals surface area (Å²) in [5, 5.41) is 5.45. The predicted octanol–water partition coefficient (Wildman–Crippen LogP) is 3.25. The Morgan fingerprint density at radius 2 is 1.76 bits per heavy atom. The lowest BCUT2D eigenvalue weighted by molar-refractivity contribution is 0.227. The number of H-pyrrole nitrogens is 1. The summed E-state index contributed by atoms with van der Waals surface area (Å²) in [7, 11) is 2.17. The van der Waals surface area contributed by atoms with Gasteiger partial charge in [0.05, 0.1) is 18.4 Å². The number of nitrogens with one attached hydrogen (secondary N) is 2. The van der Waals surface area contributed by atoms with Gasteiger partial charge >= 0.3 is 0 Å². The number of hydrogen-bond donors (Lipinski definition) is 2. The van der Waals surface area contributed by atoms with E-state index >= 15 is 0 Å². The quantitative estimate of drug-likeness (QED) is 0.554. The van der Waals surface area contributed by atoms with Crippen LogP contribution in [0.5, 0.6) is 0 Å². The number of thiocarbonyl (C=S) groups is 1. The molecule has 0 amide bonds. The van der Waals surface area contributed by atoms with E-state index in [1.165, 1.54) is 0 Å². The first-order valence-corrected chi connectivity index (χ1v) is 12.5. The molecule has 2 fully saturated rings. The highest BCUT2D eigenvalue weighted by Crippen LogP contribution is 2.26. The molecule has 5 rings (SSSR count). The van der Waals surface area contributed by atoms with E-state index in [2.05, 4.69) is 74.0 Å². The minimum Gasteiger partial charge on any atom is -0.361 e. The van der Waals surface area contributed by atoms with Crippen LogP contribution in [-0.2, 0) is 0 Å². The van der Waals surface area contributed by atoms with Crippen LogP contribution in [0.1, 0.15) is 13.8 Å². The van der Waals surface area contributed by atoms with Crippen LogP contribution < -0.4 is 15.1 Å². The predicted molar refractivity (Wildman–Crippen MR) is 144 cm³/mol. The Hall–Kier alpha value is -2.91. The van der Waals surface area contributed by atoms with Crippen LogP contribution in [0.25, 0.3) is 10.9 Å². The molecule has 1 aromatic carbocycles. The van der Waals surface area contributed by atoms with Gasteiger partial charge in [-0.1, -0.05) is 19.9 Å². The second-order valence-electron chi connectivity index (χ2n) is 9.65. The van der Waals surface area contributed by atoms with E-state index in [1.807, 2.05) is 24.7 Å². The van der Waals surface area contributed by atoms with Crippen molar-refractivity contribution in [3.63, 3.8) is 0 Å². The molecule has 34 heavy (non-hydrogen) atoms. The number of nitrogens with zero attached hydrogens (tertiary/aromatic N) is 6. The maximum Gasteiger partial charge on any atom is 0.173 e.